The van der Waals surface area contributed by atoms with Crippen LogP contribution in [-0.4, -0.2) is 38.0 Å². The van der Waals surface area contributed by atoms with Crippen LogP contribution in [0.3, 0.4) is 0 Å². The molecule has 0 heterocycles. The van der Waals surface area contributed by atoms with Gasteiger partial charge in [0.1, 0.15) is 0 Å². The molecule has 0 amide bonds. The van der Waals surface area contributed by atoms with Crippen molar-refractivity contribution >= 4 is 45.3 Å². The first kappa shape index (κ1) is 11.9. The van der Waals surface area contributed by atoms with E-state index in [-0.39, 0.29) is 34.5 Å². The van der Waals surface area contributed by atoms with Gasteiger partial charge in [0, 0.05) is 35.2 Å². The summed E-state index contributed by atoms with van der Waals surface area (Å²) in [6.45, 7) is 0. The zero-order valence-electron chi connectivity index (χ0n) is 6.69. The normalized spacial score (nSPS) is 10.4. The maximum atomic E-state index is 10.7. The Morgan fingerprint density at radius 2 is 1.50 bits per heavy atom. The van der Waals surface area contributed by atoms with Crippen molar-refractivity contribution in [2.45, 2.75) is 4.90 Å². The van der Waals surface area contributed by atoms with E-state index in [1.54, 1.807) is 0 Å². The van der Waals surface area contributed by atoms with Crippen LogP contribution in [0, 0.1) is 0 Å². The molecule has 0 aliphatic carbocycles. The smallest absolute Gasteiger partial charge is 0.238 e. The molecule has 0 unspecified atom stereocenters. The number of hydrogen-bond acceptors (Lipinski definition) is 3. The summed E-state index contributed by atoms with van der Waals surface area (Å²) in [7, 11) is -3.58. The molecule has 1 aromatic carbocycles. The predicted octanol–water partition coefficient (Wildman–Crippen LogP) is -0.465. The molecule has 0 aliphatic heterocycles. The fraction of sp³-hybridized carbons (Fsp3) is 0. The average molecular weight is 195 g/mol. The maximum Gasteiger partial charge on any atom is 0.238 e. The van der Waals surface area contributed by atoms with Crippen molar-refractivity contribution in [2.24, 2.45) is 5.14 Å². The van der Waals surface area contributed by atoms with Crippen molar-refractivity contribution in [1.82, 2.24) is 0 Å². The molecule has 0 saturated heterocycles. The minimum Gasteiger partial charge on any atom is -0.399 e. The maximum absolute atomic E-state index is 10.7. The third-order valence-electron chi connectivity index (χ3n) is 1.21. The fourth-order valence-corrected chi connectivity index (χ4v) is 1.17. The Bertz CT molecular complexity index is 346. The first-order valence-corrected chi connectivity index (χ1v) is 4.43. The molecule has 61 valence electrons. The van der Waals surface area contributed by atoms with E-state index in [0.717, 1.165) is 0 Å². The molecule has 6 heteroatoms. The second-order valence-electron chi connectivity index (χ2n) is 2.11. The molecule has 4 N–H and O–H groups in total. The van der Waals surface area contributed by atoms with Gasteiger partial charge >= 0.3 is 0 Å². The summed E-state index contributed by atoms with van der Waals surface area (Å²) in [5.74, 6) is 0. The summed E-state index contributed by atoms with van der Waals surface area (Å²) in [4.78, 5) is 0.0756. The Morgan fingerprint density at radius 3 is 1.83 bits per heavy atom. The SMILES string of the molecule is Nc1ccc(S(N)(=O)=O)cc1.[Na]. The van der Waals surface area contributed by atoms with E-state index in [1.165, 1.54) is 24.3 Å². The van der Waals surface area contributed by atoms with Gasteiger partial charge in [-0.2, -0.15) is 0 Å². The molecule has 0 atom stereocenters. The van der Waals surface area contributed by atoms with Gasteiger partial charge in [0.25, 0.3) is 0 Å². The quantitative estimate of drug-likeness (QED) is 0.469. The van der Waals surface area contributed by atoms with Gasteiger partial charge in [-0.25, -0.2) is 13.6 Å². The average Bonchev–Trinajstić information content (AvgIpc) is 1.86. The van der Waals surface area contributed by atoms with Crippen LogP contribution < -0.4 is 10.9 Å². The van der Waals surface area contributed by atoms with E-state index >= 15 is 0 Å². The van der Waals surface area contributed by atoms with Gasteiger partial charge in [0.05, 0.1) is 4.90 Å². The summed E-state index contributed by atoms with van der Waals surface area (Å²) < 4.78 is 21.4. The van der Waals surface area contributed by atoms with Crippen molar-refractivity contribution in [1.29, 1.82) is 0 Å². The second-order valence-corrected chi connectivity index (χ2v) is 3.68. The molecule has 1 radical (unpaired) electrons. The molecule has 1 rings (SSSR count). The number of benzene rings is 1. The molecule has 0 aliphatic rings. The van der Waals surface area contributed by atoms with E-state index in [4.69, 9.17) is 10.9 Å². The number of sulfonamides is 1. The van der Waals surface area contributed by atoms with Gasteiger partial charge < -0.3 is 5.73 Å². The molecule has 0 fully saturated rings. The van der Waals surface area contributed by atoms with E-state index < -0.39 is 10.0 Å². The number of nitrogens with two attached hydrogens (primary N) is 2. The van der Waals surface area contributed by atoms with E-state index in [1.807, 2.05) is 0 Å². The van der Waals surface area contributed by atoms with Crippen molar-refractivity contribution in [3.05, 3.63) is 24.3 Å². The Morgan fingerprint density at radius 1 is 1.08 bits per heavy atom. The van der Waals surface area contributed by atoms with Gasteiger partial charge in [-0.15, -0.1) is 0 Å². The van der Waals surface area contributed by atoms with Crippen LogP contribution in [0.1, 0.15) is 0 Å². The first-order valence-electron chi connectivity index (χ1n) is 2.88. The molecule has 1 aromatic rings. The summed E-state index contributed by atoms with van der Waals surface area (Å²) in [6.07, 6.45) is 0. The monoisotopic (exact) mass is 195 g/mol. The van der Waals surface area contributed by atoms with Gasteiger partial charge in [-0.3, -0.25) is 0 Å². The van der Waals surface area contributed by atoms with E-state index in [9.17, 15) is 8.42 Å². The Balaban J connectivity index is 0.00000121. The molecule has 0 aromatic heterocycles. The first-order chi connectivity index (χ1) is 5.00. The van der Waals surface area contributed by atoms with Gasteiger partial charge in [-0.1, -0.05) is 0 Å². The largest absolute Gasteiger partial charge is 0.399 e. The number of primary sulfonamides is 1. The second kappa shape index (κ2) is 4.25. The number of hydrogen-bond donors (Lipinski definition) is 2. The Hall–Kier alpha value is -0.0700. The molecule has 0 saturated carbocycles. The number of anilines is 1. The number of rotatable bonds is 1. The summed E-state index contributed by atoms with van der Waals surface area (Å²) in [5.41, 5.74) is 5.85. The Labute approximate surface area is 93.3 Å². The molecule has 0 bridgehead atoms. The third kappa shape index (κ3) is 3.12. The molecule has 0 spiro atoms. The van der Waals surface area contributed by atoms with E-state index in [2.05, 4.69) is 0 Å². The van der Waals surface area contributed by atoms with Gasteiger partial charge in [-0.05, 0) is 24.3 Å². The van der Waals surface area contributed by atoms with Crippen molar-refractivity contribution in [3.8, 4) is 0 Å². The molecule has 4 nitrogen and oxygen atoms in total. The summed E-state index contributed by atoms with van der Waals surface area (Å²) in [6, 6.07) is 5.70. The van der Waals surface area contributed by atoms with E-state index in [0.29, 0.717) is 5.69 Å². The topological polar surface area (TPSA) is 86.2 Å². The molecular formula is C6H8N2NaO2S. The van der Waals surface area contributed by atoms with Crippen LogP contribution in [0.4, 0.5) is 5.69 Å². The van der Waals surface area contributed by atoms with Gasteiger partial charge in [0.2, 0.25) is 10.0 Å². The van der Waals surface area contributed by atoms with Crippen molar-refractivity contribution < 1.29 is 8.42 Å². The minimum atomic E-state index is -3.58. The Kier molecular flexibility index (Phi) is 4.22. The van der Waals surface area contributed by atoms with Crippen LogP contribution in [0.2, 0.25) is 0 Å². The summed E-state index contributed by atoms with van der Waals surface area (Å²) >= 11 is 0. The van der Waals surface area contributed by atoms with Crippen LogP contribution in [-0.2, 0) is 10.0 Å². The van der Waals surface area contributed by atoms with Crippen LogP contribution in [0.15, 0.2) is 29.2 Å². The van der Waals surface area contributed by atoms with Crippen molar-refractivity contribution in [3.63, 3.8) is 0 Å². The standard InChI is InChI=1S/C6H8N2O2S.Na/c7-5-1-3-6(4-2-5)11(8,9)10;/h1-4H,7H2,(H2,8,9,10);. The van der Waals surface area contributed by atoms with Crippen LogP contribution in [0.25, 0.3) is 0 Å². The zero-order valence-corrected chi connectivity index (χ0v) is 9.51. The third-order valence-corrected chi connectivity index (χ3v) is 2.14. The molecular weight excluding hydrogens is 187 g/mol. The number of nitrogen functional groups attached to an aromatic ring is 1. The summed E-state index contributed by atoms with van der Waals surface area (Å²) in [5, 5.41) is 4.84. The zero-order chi connectivity index (χ0) is 8.48. The predicted molar refractivity (Wildman–Crippen MR) is 48.0 cm³/mol. The van der Waals surface area contributed by atoms with Crippen LogP contribution >= 0.6 is 0 Å². The molecule has 12 heavy (non-hydrogen) atoms. The minimum absolute atomic E-state index is 0. The van der Waals surface area contributed by atoms with Gasteiger partial charge in [0.15, 0.2) is 0 Å². The van der Waals surface area contributed by atoms with Crippen LogP contribution in [0.5, 0.6) is 0 Å². The fourth-order valence-electron chi connectivity index (χ4n) is 0.658. The van der Waals surface area contributed by atoms with Crippen molar-refractivity contribution in [2.75, 3.05) is 5.73 Å².